The molecule has 0 aliphatic carbocycles. The van der Waals surface area contributed by atoms with Crippen LogP contribution < -0.4 is 0 Å². The van der Waals surface area contributed by atoms with Gasteiger partial charge in [-0.05, 0) is 6.92 Å². The van der Waals surface area contributed by atoms with Crippen molar-refractivity contribution in [3.63, 3.8) is 0 Å². The first-order chi connectivity index (χ1) is 8.67. The largest absolute Gasteiger partial charge is 0.378 e. The Bertz CT molecular complexity index is 381. The zero-order valence-electron chi connectivity index (χ0n) is 11.5. The maximum atomic E-state index is 5.22. The van der Waals surface area contributed by atoms with Crippen LogP contribution in [0.4, 0.5) is 0 Å². The second-order valence-corrected chi connectivity index (χ2v) is 3.76. The van der Waals surface area contributed by atoms with Crippen LogP contribution in [-0.2, 0) is 32.2 Å². The molecule has 0 saturated heterocycles. The van der Waals surface area contributed by atoms with Gasteiger partial charge in [0.05, 0.1) is 30.3 Å². The molecule has 0 amide bonds. The van der Waals surface area contributed by atoms with Gasteiger partial charge in [-0.25, -0.2) is 4.98 Å². The van der Waals surface area contributed by atoms with E-state index in [4.69, 9.17) is 18.9 Å². The average molecular weight is 256 g/mol. The zero-order chi connectivity index (χ0) is 13.5. The molecule has 0 spiro atoms. The monoisotopic (exact) mass is 256 g/mol. The molecule has 1 heterocycles. The molecule has 0 aliphatic rings. The van der Waals surface area contributed by atoms with Crippen LogP contribution in [0.15, 0.2) is 0 Å². The third-order valence-electron chi connectivity index (χ3n) is 2.48. The van der Waals surface area contributed by atoms with Gasteiger partial charge in [-0.15, -0.1) is 0 Å². The van der Waals surface area contributed by atoms with Gasteiger partial charge in [0, 0.05) is 28.4 Å². The Kier molecular flexibility index (Phi) is 6.14. The summed E-state index contributed by atoms with van der Waals surface area (Å²) >= 11 is 0. The summed E-state index contributed by atoms with van der Waals surface area (Å²) in [6.45, 7) is 2.65. The van der Waals surface area contributed by atoms with Crippen molar-refractivity contribution in [1.82, 2.24) is 9.97 Å². The van der Waals surface area contributed by atoms with E-state index in [1.165, 1.54) is 0 Å². The molecular weight excluding hydrogens is 236 g/mol. The summed E-state index contributed by atoms with van der Waals surface area (Å²) in [5.74, 6) is 0. The lowest BCUT2D eigenvalue weighted by atomic mass is 10.2. The molecule has 0 N–H and O–H groups in total. The fourth-order valence-corrected chi connectivity index (χ4v) is 1.64. The minimum atomic E-state index is -0.557. The first-order valence-corrected chi connectivity index (χ1v) is 5.57. The zero-order valence-corrected chi connectivity index (χ0v) is 11.5. The number of aryl methyl sites for hydroxylation is 1. The third kappa shape index (κ3) is 3.46. The molecule has 0 fully saturated rings. The molecule has 18 heavy (non-hydrogen) atoms. The van der Waals surface area contributed by atoms with Gasteiger partial charge in [-0.3, -0.25) is 4.98 Å². The molecule has 1 rings (SSSR count). The fraction of sp³-hybridized carbons (Fsp3) is 0.667. The molecule has 0 aromatic carbocycles. The Balaban J connectivity index is 3.20. The molecular formula is C12H20N2O4. The number of hydrogen-bond acceptors (Lipinski definition) is 6. The highest BCUT2D eigenvalue weighted by atomic mass is 16.7. The Morgan fingerprint density at radius 3 is 1.94 bits per heavy atom. The first-order valence-electron chi connectivity index (χ1n) is 5.57. The van der Waals surface area contributed by atoms with Crippen molar-refractivity contribution < 1.29 is 18.9 Å². The summed E-state index contributed by atoms with van der Waals surface area (Å²) in [7, 11) is 6.34. The summed E-state index contributed by atoms with van der Waals surface area (Å²) in [6, 6.07) is 0. The van der Waals surface area contributed by atoms with Crippen molar-refractivity contribution >= 4 is 0 Å². The number of aromatic nitrogens is 2. The molecule has 0 bridgehead atoms. The van der Waals surface area contributed by atoms with Crippen molar-refractivity contribution in [2.75, 3.05) is 28.4 Å². The van der Waals surface area contributed by atoms with E-state index in [9.17, 15) is 0 Å². The number of nitrogens with zero attached hydrogens (tertiary/aromatic N) is 2. The SMILES string of the molecule is COCc1nc(C(OC)OC)c(COC)nc1C. The lowest BCUT2D eigenvalue weighted by Crippen LogP contribution is -2.15. The van der Waals surface area contributed by atoms with Crippen LogP contribution >= 0.6 is 0 Å². The summed E-state index contributed by atoms with van der Waals surface area (Å²) in [5.41, 5.74) is 2.92. The van der Waals surface area contributed by atoms with Crippen LogP contribution in [0.5, 0.6) is 0 Å². The van der Waals surface area contributed by atoms with Crippen molar-refractivity contribution in [3.8, 4) is 0 Å². The van der Waals surface area contributed by atoms with Crippen LogP contribution in [0.1, 0.15) is 29.1 Å². The predicted octanol–water partition coefficient (Wildman–Crippen LogP) is 1.37. The van der Waals surface area contributed by atoms with E-state index in [2.05, 4.69) is 9.97 Å². The van der Waals surface area contributed by atoms with Gasteiger partial charge in [0.2, 0.25) is 6.29 Å². The van der Waals surface area contributed by atoms with Gasteiger partial charge in [-0.2, -0.15) is 0 Å². The average Bonchev–Trinajstić information content (AvgIpc) is 2.36. The van der Waals surface area contributed by atoms with Gasteiger partial charge in [0.25, 0.3) is 0 Å². The highest BCUT2D eigenvalue weighted by Gasteiger charge is 2.19. The normalized spacial score (nSPS) is 11.2. The van der Waals surface area contributed by atoms with Gasteiger partial charge in [-0.1, -0.05) is 0 Å². The number of ether oxygens (including phenoxy) is 4. The maximum absolute atomic E-state index is 5.22. The van der Waals surface area contributed by atoms with Crippen LogP contribution in [0.3, 0.4) is 0 Å². The second kappa shape index (κ2) is 7.38. The van der Waals surface area contributed by atoms with Gasteiger partial charge in [0.15, 0.2) is 0 Å². The van der Waals surface area contributed by atoms with Crippen molar-refractivity contribution in [2.24, 2.45) is 0 Å². The smallest absolute Gasteiger partial charge is 0.202 e. The van der Waals surface area contributed by atoms with Crippen molar-refractivity contribution in [1.29, 1.82) is 0 Å². The quantitative estimate of drug-likeness (QED) is 0.687. The van der Waals surface area contributed by atoms with E-state index in [-0.39, 0.29) is 0 Å². The molecule has 102 valence electrons. The van der Waals surface area contributed by atoms with E-state index >= 15 is 0 Å². The standard InChI is InChI=1S/C12H20N2O4/c1-8-9(6-15-2)14-11(12(17-4)18-5)10(13-8)7-16-3/h12H,6-7H2,1-5H3. The summed E-state index contributed by atoms with van der Waals surface area (Å²) in [4.78, 5) is 8.98. The highest BCUT2D eigenvalue weighted by Crippen LogP contribution is 2.21. The Labute approximate surface area is 107 Å². The lowest BCUT2D eigenvalue weighted by Gasteiger charge is -2.18. The second-order valence-electron chi connectivity index (χ2n) is 3.76. The third-order valence-corrected chi connectivity index (χ3v) is 2.48. The molecule has 0 aliphatic heterocycles. The van der Waals surface area contributed by atoms with Gasteiger partial charge in [0.1, 0.15) is 5.69 Å². The predicted molar refractivity (Wildman–Crippen MR) is 65.0 cm³/mol. The van der Waals surface area contributed by atoms with Gasteiger partial charge >= 0.3 is 0 Å². The molecule has 0 radical (unpaired) electrons. The summed E-state index contributed by atoms with van der Waals surface area (Å²) in [6.07, 6.45) is -0.557. The Morgan fingerprint density at radius 1 is 0.889 bits per heavy atom. The topological polar surface area (TPSA) is 62.7 Å². The lowest BCUT2D eigenvalue weighted by molar-refractivity contribution is -0.110. The number of rotatable bonds is 7. The van der Waals surface area contributed by atoms with E-state index in [0.29, 0.717) is 24.6 Å². The highest BCUT2D eigenvalue weighted by molar-refractivity contribution is 5.20. The Hall–Kier alpha value is -1.08. The number of hydrogen-bond donors (Lipinski definition) is 0. The molecule has 6 heteroatoms. The molecule has 1 aromatic heterocycles. The molecule has 6 nitrogen and oxygen atoms in total. The minimum Gasteiger partial charge on any atom is -0.378 e. The molecule has 1 aromatic rings. The molecule has 0 atom stereocenters. The van der Waals surface area contributed by atoms with E-state index in [1.54, 1.807) is 28.4 Å². The van der Waals surface area contributed by atoms with Crippen molar-refractivity contribution in [2.45, 2.75) is 26.4 Å². The molecule has 0 saturated carbocycles. The number of methoxy groups -OCH3 is 4. The van der Waals surface area contributed by atoms with Crippen LogP contribution in [0.2, 0.25) is 0 Å². The van der Waals surface area contributed by atoms with E-state index in [0.717, 1.165) is 11.4 Å². The maximum Gasteiger partial charge on any atom is 0.202 e. The van der Waals surface area contributed by atoms with E-state index in [1.807, 2.05) is 6.92 Å². The van der Waals surface area contributed by atoms with Crippen molar-refractivity contribution in [3.05, 3.63) is 22.8 Å². The Morgan fingerprint density at radius 2 is 1.44 bits per heavy atom. The van der Waals surface area contributed by atoms with Crippen LogP contribution in [-0.4, -0.2) is 38.4 Å². The van der Waals surface area contributed by atoms with E-state index < -0.39 is 6.29 Å². The van der Waals surface area contributed by atoms with Gasteiger partial charge < -0.3 is 18.9 Å². The molecule has 0 unspecified atom stereocenters. The minimum absolute atomic E-state index is 0.361. The summed E-state index contributed by atoms with van der Waals surface area (Å²) in [5, 5.41) is 0. The fourth-order valence-electron chi connectivity index (χ4n) is 1.64. The van der Waals surface area contributed by atoms with Crippen LogP contribution in [0, 0.1) is 6.92 Å². The summed E-state index contributed by atoms with van der Waals surface area (Å²) < 4.78 is 20.7. The van der Waals surface area contributed by atoms with Crippen LogP contribution in [0.25, 0.3) is 0 Å². The first kappa shape index (κ1) is 15.0.